The van der Waals surface area contributed by atoms with Crippen molar-refractivity contribution in [2.75, 3.05) is 6.61 Å². The number of carboxylic acid groups (broad SMARTS) is 2. The van der Waals surface area contributed by atoms with Gasteiger partial charge in [0.25, 0.3) is 0 Å². The number of amides is 1. The van der Waals surface area contributed by atoms with Gasteiger partial charge in [0.1, 0.15) is 12.6 Å². The van der Waals surface area contributed by atoms with Gasteiger partial charge in [0.2, 0.25) is 0 Å². The topological polar surface area (TPSA) is 118 Å². The van der Waals surface area contributed by atoms with Crippen LogP contribution >= 0.6 is 0 Å². The number of rotatable bonds is 6. The van der Waals surface area contributed by atoms with Gasteiger partial charge >= 0.3 is 18.2 Å². The van der Waals surface area contributed by atoms with Gasteiger partial charge in [-0.15, -0.1) is 0 Å². The Morgan fingerprint density at radius 3 is 2.11 bits per heavy atom. The summed E-state index contributed by atoms with van der Waals surface area (Å²) in [6, 6.07) is 21.4. The van der Waals surface area contributed by atoms with Gasteiger partial charge in [0.05, 0.1) is 5.52 Å². The van der Waals surface area contributed by atoms with Crippen molar-refractivity contribution >= 4 is 29.1 Å². The number of benzene rings is 3. The van der Waals surface area contributed by atoms with Crippen LogP contribution in [0.2, 0.25) is 0 Å². The summed E-state index contributed by atoms with van der Waals surface area (Å²) in [5.74, 6) is -1.39. The van der Waals surface area contributed by atoms with Crippen molar-refractivity contribution in [3.05, 3.63) is 95.7 Å². The lowest BCUT2D eigenvalue weighted by Gasteiger charge is -2.17. The van der Waals surface area contributed by atoms with Crippen LogP contribution < -0.4 is 5.32 Å². The highest BCUT2D eigenvalue weighted by Crippen LogP contribution is 2.44. The largest absolute Gasteiger partial charge is 0.480 e. The van der Waals surface area contributed by atoms with E-state index >= 15 is 0 Å². The number of carbonyl (C=O) groups is 3. The fourth-order valence-electron chi connectivity index (χ4n) is 4.77. The Labute approximate surface area is 200 Å². The molecule has 0 fully saturated rings. The molecule has 1 aromatic heterocycles. The highest BCUT2D eigenvalue weighted by Gasteiger charge is 2.30. The molecule has 0 saturated carbocycles. The van der Waals surface area contributed by atoms with Crippen molar-refractivity contribution in [3.8, 4) is 11.1 Å². The van der Waals surface area contributed by atoms with E-state index in [0.717, 1.165) is 26.8 Å². The number of nitrogens with zero attached hydrogens (tertiary/aromatic N) is 1. The molecule has 3 N–H and O–H groups in total. The van der Waals surface area contributed by atoms with Crippen LogP contribution in [0.1, 0.15) is 22.6 Å². The van der Waals surface area contributed by atoms with Gasteiger partial charge in [0, 0.05) is 23.9 Å². The van der Waals surface area contributed by atoms with Crippen LogP contribution in [0.5, 0.6) is 0 Å². The molecule has 1 heterocycles. The molecule has 1 unspecified atom stereocenters. The second-order valence-electron chi connectivity index (χ2n) is 8.39. The van der Waals surface area contributed by atoms with E-state index in [1.807, 2.05) is 48.5 Å². The standard InChI is InChI=1S/C27H22N2O6/c30-25(31)23(13-16-14-29(27(33)34)24-12-6-5-7-17(16)24)28-26(32)35-15-22-20-10-3-1-8-18(20)19-9-2-4-11-21(19)22/h1-12,14,22-23H,13,15H2,(H,28,32)(H,30,31)(H,33,34). The summed E-state index contributed by atoms with van der Waals surface area (Å²) < 4.78 is 6.51. The molecule has 0 radical (unpaired) electrons. The molecule has 8 heteroatoms. The first-order valence-electron chi connectivity index (χ1n) is 11.1. The van der Waals surface area contributed by atoms with E-state index in [0.29, 0.717) is 16.5 Å². The third kappa shape index (κ3) is 4.10. The van der Waals surface area contributed by atoms with Crippen LogP contribution in [0.25, 0.3) is 22.0 Å². The molecule has 0 bridgehead atoms. The lowest BCUT2D eigenvalue weighted by Crippen LogP contribution is -2.42. The highest BCUT2D eigenvalue weighted by molar-refractivity contribution is 5.92. The van der Waals surface area contributed by atoms with E-state index < -0.39 is 24.2 Å². The van der Waals surface area contributed by atoms with Crippen LogP contribution in [0.4, 0.5) is 9.59 Å². The van der Waals surface area contributed by atoms with Gasteiger partial charge in [0.15, 0.2) is 0 Å². The number of para-hydroxylation sites is 1. The van der Waals surface area contributed by atoms with Crippen molar-refractivity contribution in [2.45, 2.75) is 18.4 Å². The minimum atomic E-state index is -1.29. The minimum absolute atomic E-state index is 0.0600. The smallest absolute Gasteiger partial charge is 0.416 e. The van der Waals surface area contributed by atoms with Gasteiger partial charge in [-0.1, -0.05) is 66.7 Å². The number of hydrogen-bond acceptors (Lipinski definition) is 4. The number of alkyl carbamates (subject to hydrolysis) is 1. The Morgan fingerprint density at radius 2 is 1.49 bits per heavy atom. The van der Waals surface area contributed by atoms with Crippen molar-refractivity contribution < 1.29 is 29.3 Å². The predicted octanol–water partition coefficient (Wildman–Crippen LogP) is 4.70. The summed E-state index contributed by atoms with van der Waals surface area (Å²) in [6.45, 7) is 0.0600. The first-order valence-corrected chi connectivity index (χ1v) is 11.1. The summed E-state index contributed by atoms with van der Waals surface area (Å²) in [4.78, 5) is 36.1. The quantitative estimate of drug-likeness (QED) is 0.376. The van der Waals surface area contributed by atoms with E-state index in [9.17, 15) is 24.6 Å². The molecule has 0 aliphatic heterocycles. The Hall–Kier alpha value is -4.59. The van der Waals surface area contributed by atoms with E-state index in [4.69, 9.17) is 4.74 Å². The molecular weight excluding hydrogens is 448 g/mol. The van der Waals surface area contributed by atoms with E-state index in [2.05, 4.69) is 5.32 Å². The highest BCUT2D eigenvalue weighted by atomic mass is 16.5. The summed E-state index contributed by atoms with van der Waals surface area (Å²) in [6.07, 6.45) is -0.743. The first kappa shape index (κ1) is 22.2. The lowest BCUT2D eigenvalue weighted by molar-refractivity contribution is -0.139. The third-order valence-corrected chi connectivity index (χ3v) is 6.36. The van der Waals surface area contributed by atoms with Crippen LogP contribution in [-0.4, -0.2) is 45.6 Å². The molecule has 1 amide bonds. The average molecular weight is 470 g/mol. The van der Waals surface area contributed by atoms with Gasteiger partial charge in [-0.05, 0) is 33.9 Å². The van der Waals surface area contributed by atoms with Crippen LogP contribution in [0, 0.1) is 0 Å². The zero-order valence-electron chi connectivity index (χ0n) is 18.5. The number of aromatic nitrogens is 1. The molecular formula is C27H22N2O6. The number of carboxylic acids is 1. The van der Waals surface area contributed by atoms with E-state index in [1.54, 1.807) is 24.3 Å². The molecule has 0 spiro atoms. The second kappa shape index (κ2) is 8.98. The summed E-state index contributed by atoms with van der Waals surface area (Å²) in [7, 11) is 0. The molecule has 3 aromatic carbocycles. The SMILES string of the molecule is O=C(NC(Cc1cn(C(=O)O)c2ccccc12)C(=O)O)OCC1c2ccccc2-c2ccccc21. The van der Waals surface area contributed by atoms with Crippen molar-refractivity contribution in [3.63, 3.8) is 0 Å². The predicted molar refractivity (Wildman–Crippen MR) is 129 cm³/mol. The summed E-state index contributed by atoms with van der Waals surface area (Å²) >= 11 is 0. The number of hydrogen-bond donors (Lipinski definition) is 3. The molecule has 35 heavy (non-hydrogen) atoms. The van der Waals surface area contributed by atoms with Crippen molar-refractivity contribution in [1.29, 1.82) is 0 Å². The zero-order valence-corrected chi connectivity index (χ0v) is 18.5. The Morgan fingerprint density at radius 1 is 0.886 bits per heavy atom. The first-order chi connectivity index (χ1) is 16.9. The molecule has 4 aromatic rings. The van der Waals surface area contributed by atoms with E-state index in [-0.39, 0.29) is 18.9 Å². The summed E-state index contributed by atoms with van der Waals surface area (Å²) in [5.41, 5.74) is 5.23. The maximum absolute atomic E-state index is 12.6. The Kier molecular flexibility index (Phi) is 5.70. The van der Waals surface area contributed by atoms with E-state index in [1.165, 1.54) is 6.20 Å². The maximum Gasteiger partial charge on any atom is 0.416 e. The monoisotopic (exact) mass is 470 g/mol. The fraction of sp³-hybridized carbons (Fsp3) is 0.148. The zero-order chi connectivity index (χ0) is 24.5. The normalized spacial score (nSPS) is 13.1. The third-order valence-electron chi connectivity index (χ3n) is 6.36. The van der Waals surface area contributed by atoms with Crippen LogP contribution in [0.15, 0.2) is 79.0 Å². The van der Waals surface area contributed by atoms with Gasteiger partial charge in [-0.3, -0.25) is 4.57 Å². The molecule has 176 valence electrons. The second-order valence-corrected chi connectivity index (χ2v) is 8.39. The number of carbonyl (C=O) groups excluding carboxylic acids is 1. The molecule has 1 aliphatic rings. The molecule has 0 saturated heterocycles. The molecule has 8 nitrogen and oxygen atoms in total. The summed E-state index contributed by atoms with van der Waals surface area (Å²) in [5, 5.41) is 22.2. The van der Waals surface area contributed by atoms with Crippen molar-refractivity contribution in [2.24, 2.45) is 0 Å². The molecule has 5 rings (SSSR count). The van der Waals surface area contributed by atoms with Crippen LogP contribution in [-0.2, 0) is 16.0 Å². The number of fused-ring (bicyclic) bond motifs is 4. The fourth-order valence-corrected chi connectivity index (χ4v) is 4.77. The molecule has 1 aliphatic carbocycles. The minimum Gasteiger partial charge on any atom is -0.480 e. The Balaban J connectivity index is 1.31. The van der Waals surface area contributed by atoms with Gasteiger partial charge in [-0.25, -0.2) is 14.4 Å². The maximum atomic E-state index is 12.6. The Bertz CT molecular complexity index is 1410. The lowest BCUT2D eigenvalue weighted by atomic mass is 9.98. The van der Waals surface area contributed by atoms with Gasteiger partial charge < -0.3 is 20.3 Å². The number of ether oxygens (including phenoxy) is 1. The average Bonchev–Trinajstić information content (AvgIpc) is 3.38. The van der Waals surface area contributed by atoms with Gasteiger partial charge in [-0.2, -0.15) is 0 Å². The molecule has 1 atom stereocenters. The number of aliphatic carboxylic acids is 1. The number of nitrogens with one attached hydrogen (secondary N) is 1. The van der Waals surface area contributed by atoms with Crippen molar-refractivity contribution in [1.82, 2.24) is 9.88 Å². The van der Waals surface area contributed by atoms with Crippen LogP contribution in [0.3, 0.4) is 0 Å².